The fourth-order valence-corrected chi connectivity index (χ4v) is 2.34. The summed E-state index contributed by atoms with van der Waals surface area (Å²) in [6.45, 7) is 9.03. The van der Waals surface area contributed by atoms with Crippen LogP contribution in [0.25, 0.3) is 0 Å². The molecule has 0 aliphatic carbocycles. The van der Waals surface area contributed by atoms with E-state index in [1.807, 2.05) is 6.07 Å². The molecule has 0 fully saturated rings. The quantitative estimate of drug-likeness (QED) is 0.768. The zero-order valence-corrected chi connectivity index (χ0v) is 11.8. The molecule has 0 aliphatic rings. The normalized spacial score (nSPS) is 11.7. The van der Waals surface area contributed by atoms with E-state index in [-0.39, 0.29) is 5.41 Å². The monoisotopic (exact) mass is 236 g/mol. The van der Waals surface area contributed by atoms with Crippen molar-refractivity contribution in [3.63, 3.8) is 0 Å². The van der Waals surface area contributed by atoms with Crippen LogP contribution >= 0.6 is 0 Å². The topological polar surface area (TPSA) is 18.5 Å². The molecule has 1 rings (SSSR count). The number of hydrogen-bond acceptors (Lipinski definition) is 2. The minimum Gasteiger partial charge on any atom is -0.497 e. The Kier molecular flexibility index (Phi) is 4.44. The molecule has 0 heterocycles. The maximum atomic E-state index is 5.32. The van der Waals surface area contributed by atoms with E-state index in [2.05, 4.69) is 39.8 Å². The van der Waals surface area contributed by atoms with E-state index in [1.165, 1.54) is 5.56 Å². The van der Waals surface area contributed by atoms with Crippen LogP contribution in [0, 0.1) is 5.92 Å². The summed E-state index contributed by atoms with van der Waals surface area (Å²) in [5.41, 5.74) is 1.40. The average molecular weight is 236 g/mol. The van der Waals surface area contributed by atoms with E-state index >= 15 is 0 Å². The number of methoxy groups -OCH3 is 2. The highest BCUT2D eigenvalue weighted by Gasteiger charge is 2.23. The van der Waals surface area contributed by atoms with Gasteiger partial charge >= 0.3 is 0 Å². The molecule has 0 aliphatic heterocycles. The molecule has 0 aromatic heterocycles. The van der Waals surface area contributed by atoms with Crippen molar-refractivity contribution in [2.24, 2.45) is 5.92 Å². The molecule has 1 aromatic rings. The first kappa shape index (κ1) is 13.9. The van der Waals surface area contributed by atoms with Crippen LogP contribution in [0.3, 0.4) is 0 Å². The molecular formula is C15H24O2. The van der Waals surface area contributed by atoms with Gasteiger partial charge in [-0.05, 0) is 35.4 Å². The molecule has 0 radical (unpaired) electrons. The van der Waals surface area contributed by atoms with Gasteiger partial charge in [-0.15, -0.1) is 0 Å². The number of hydrogen-bond donors (Lipinski definition) is 0. The number of ether oxygens (including phenoxy) is 2. The van der Waals surface area contributed by atoms with Gasteiger partial charge in [-0.25, -0.2) is 0 Å². The zero-order chi connectivity index (χ0) is 13.1. The lowest BCUT2D eigenvalue weighted by Crippen LogP contribution is -2.19. The Balaban J connectivity index is 3.11. The van der Waals surface area contributed by atoms with E-state index in [4.69, 9.17) is 9.47 Å². The highest BCUT2D eigenvalue weighted by Crippen LogP contribution is 2.35. The van der Waals surface area contributed by atoms with Gasteiger partial charge in [-0.2, -0.15) is 0 Å². The second kappa shape index (κ2) is 5.44. The molecule has 0 saturated heterocycles. The average Bonchev–Trinajstić information content (AvgIpc) is 2.26. The Morgan fingerprint density at radius 3 is 1.82 bits per heavy atom. The number of benzene rings is 1. The predicted octanol–water partition coefficient (Wildman–Crippen LogP) is 4.03. The largest absolute Gasteiger partial charge is 0.497 e. The molecule has 2 nitrogen and oxygen atoms in total. The first-order chi connectivity index (χ1) is 7.89. The molecule has 0 unspecified atom stereocenters. The lowest BCUT2D eigenvalue weighted by atomic mass is 9.78. The molecular weight excluding hydrogens is 212 g/mol. The van der Waals surface area contributed by atoms with Gasteiger partial charge in [0.05, 0.1) is 14.2 Å². The van der Waals surface area contributed by atoms with E-state index in [0.29, 0.717) is 5.92 Å². The van der Waals surface area contributed by atoms with Gasteiger partial charge in [-0.1, -0.05) is 27.7 Å². The van der Waals surface area contributed by atoms with Crippen LogP contribution in [0.2, 0.25) is 0 Å². The SMILES string of the molecule is COc1cc(OC)cc(C(C)(C)CC(C)C)c1. The summed E-state index contributed by atoms with van der Waals surface area (Å²) in [7, 11) is 3.38. The lowest BCUT2D eigenvalue weighted by molar-refractivity contribution is 0.376. The fraction of sp³-hybridized carbons (Fsp3) is 0.600. The minimum atomic E-state index is 0.135. The number of rotatable bonds is 5. The van der Waals surface area contributed by atoms with E-state index in [0.717, 1.165) is 17.9 Å². The van der Waals surface area contributed by atoms with Gasteiger partial charge in [-0.3, -0.25) is 0 Å². The highest BCUT2D eigenvalue weighted by molar-refractivity contribution is 5.41. The Morgan fingerprint density at radius 2 is 1.47 bits per heavy atom. The van der Waals surface area contributed by atoms with E-state index in [9.17, 15) is 0 Å². The van der Waals surface area contributed by atoms with Crippen LogP contribution in [-0.2, 0) is 5.41 Å². The van der Waals surface area contributed by atoms with E-state index < -0.39 is 0 Å². The molecule has 0 amide bonds. The van der Waals surface area contributed by atoms with Gasteiger partial charge in [0, 0.05) is 6.07 Å². The van der Waals surface area contributed by atoms with Crippen LogP contribution < -0.4 is 9.47 Å². The molecule has 2 heteroatoms. The van der Waals surface area contributed by atoms with Crippen LogP contribution in [0.4, 0.5) is 0 Å². The van der Waals surface area contributed by atoms with Crippen LogP contribution in [0.15, 0.2) is 18.2 Å². The maximum absolute atomic E-state index is 5.32. The molecule has 0 atom stereocenters. The van der Waals surface area contributed by atoms with Crippen molar-refractivity contribution in [2.45, 2.75) is 39.5 Å². The van der Waals surface area contributed by atoms with Crippen molar-refractivity contribution in [1.82, 2.24) is 0 Å². The zero-order valence-electron chi connectivity index (χ0n) is 11.8. The lowest BCUT2D eigenvalue weighted by Gasteiger charge is -2.28. The van der Waals surface area contributed by atoms with Gasteiger partial charge in [0.15, 0.2) is 0 Å². The summed E-state index contributed by atoms with van der Waals surface area (Å²) in [6.07, 6.45) is 1.14. The molecule has 0 saturated carbocycles. The first-order valence-corrected chi connectivity index (χ1v) is 6.12. The first-order valence-electron chi connectivity index (χ1n) is 6.12. The molecule has 0 N–H and O–H groups in total. The smallest absolute Gasteiger partial charge is 0.122 e. The van der Waals surface area contributed by atoms with Crippen molar-refractivity contribution in [3.8, 4) is 11.5 Å². The van der Waals surface area contributed by atoms with Crippen molar-refractivity contribution < 1.29 is 9.47 Å². The van der Waals surface area contributed by atoms with Crippen molar-refractivity contribution in [2.75, 3.05) is 14.2 Å². The molecule has 96 valence electrons. The second-order valence-corrected chi connectivity index (χ2v) is 5.58. The predicted molar refractivity (Wildman–Crippen MR) is 72.0 cm³/mol. The molecule has 0 spiro atoms. The summed E-state index contributed by atoms with van der Waals surface area (Å²) in [5, 5.41) is 0. The minimum absolute atomic E-state index is 0.135. The summed E-state index contributed by atoms with van der Waals surface area (Å²) in [5.74, 6) is 2.38. The summed E-state index contributed by atoms with van der Waals surface area (Å²) >= 11 is 0. The standard InChI is InChI=1S/C15H24O2/c1-11(2)10-15(3,4)12-7-13(16-5)9-14(8-12)17-6/h7-9,11H,10H2,1-6H3. The van der Waals surface area contributed by atoms with Crippen LogP contribution in [0.1, 0.15) is 39.7 Å². The molecule has 1 aromatic carbocycles. The second-order valence-electron chi connectivity index (χ2n) is 5.58. The van der Waals surface area contributed by atoms with Gasteiger partial charge < -0.3 is 9.47 Å². The summed E-state index contributed by atoms with van der Waals surface area (Å²) in [4.78, 5) is 0. The third-order valence-electron chi connectivity index (χ3n) is 3.05. The Bertz CT molecular complexity index is 345. The summed E-state index contributed by atoms with van der Waals surface area (Å²) < 4.78 is 10.6. The fourth-order valence-electron chi connectivity index (χ4n) is 2.34. The highest BCUT2D eigenvalue weighted by atomic mass is 16.5. The van der Waals surface area contributed by atoms with Crippen molar-refractivity contribution in [3.05, 3.63) is 23.8 Å². The van der Waals surface area contributed by atoms with Gasteiger partial charge in [0.2, 0.25) is 0 Å². The van der Waals surface area contributed by atoms with Crippen molar-refractivity contribution in [1.29, 1.82) is 0 Å². The third kappa shape index (κ3) is 3.65. The Hall–Kier alpha value is -1.18. The molecule has 0 bridgehead atoms. The van der Waals surface area contributed by atoms with E-state index in [1.54, 1.807) is 14.2 Å². The van der Waals surface area contributed by atoms with Crippen LogP contribution in [-0.4, -0.2) is 14.2 Å². The molecule has 17 heavy (non-hydrogen) atoms. The Labute approximate surface area is 105 Å². The maximum Gasteiger partial charge on any atom is 0.122 e. The van der Waals surface area contributed by atoms with Gasteiger partial charge in [0.25, 0.3) is 0 Å². The Morgan fingerprint density at radius 1 is 1.00 bits per heavy atom. The van der Waals surface area contributed by atoms with Crippen LogP contribution in [0.5, 0.6) is 11.5 Å². The van der Waals surface area contributed by atoms with Gasteiger partial charge in [0.1, 0.15) is 11.5 Å². The van der Waals surface area contributed by atoms with Crippen molar-refractivity contribution >= 4 is 0 Å². The summed E-state index contributed by atoms with van der Waals surface area (Å²) in [6, 6.07) is 6.12. The third-order valence-corrected chi connectivity index (χ3v) is 3.05.